The van der Waals surface area contributed by atoms with E-state index in [0.29, 0.717) is 23.9 Å². The number of carbonyl (C=O) groups is 1. The molecule has 2 rings (SSSR count). The monoisotopic (exact) mass is 284 g/mol. The number of phenols is 1. The second kappa shape index (κ2) is 4.45. The minimum absolute atomic E-state index is 0.104. The van der Waals surface area contributed by atoms with Crippen molar-refractivity contribution >= 4 is 21.9 Å². The molecule has 0 fully saturated rings. The van der Waals surface area contributed by atoms with Crippen molar-refractivity contribution in [2.24, 2.45) is 5.92 Å². The smallest absolute Gasteiger partial charge is 0.309 e. The molecule has 1 aliphatic rings. The topological polar surface area (TPSA) is 46.5 Å². The summed E-state index contributed by atoms with van der Waals surface area (Å²) in [5.41, 5.74) is 2.14. The molecule has 3 nitrogen and oxygen atoms in total. The van der Waals surface area contributed by atoms with Crippen LogP contribution in [-0.4, -0.2) is 17.7 Å². The largest absolute Gasteiger partial charge is 0.507 e. The fourth-order valence-electron chi connectivity index (χ4n) is 2.07. The molecule has 16 heavy (non-hydrogen) atoms. The van der Waals surface area contributed by atoms with Crippen LogP contribution in [-0.2, 0) is 22.4 Å². The van der Waals surface area contributed by atoms with Gasteiger partial charge in [0, 0.05) is 0 Å². The second-order valence-corrected chi connectivity index (χ2v) is 4.69. The van der Waals surface area contributed by atoms with Crippen LogP contribution in [0.25, 0.3) is 0 Å². The summed E-state index contributed by atoms with van der Waals surface area (Å²) in [6, 6.07) is 3.52. The minimum atomic E-state index is -0.148. The lowest BCUT2D eigenvalue weighted by Crippen LogP contribution is -2.17. The van der Waals surface area contributed by atoms with E-state index in [-0.39, 0.29) is 17.6 Å². The van der Waals surface area contributed by atoms with Gasteiger partial charge in [0.2, 0.25) is 0 Å². The van der Waals surface area contributed by atoms with Crippen molar-refractivity contribution in [3.63, 3.8) is 0 Å². The Morgan fingerprint density at radius 2 is 2.31 bits per heavy atom. The summed E-state index contributed by atoms with van der Waals surface area (Å²) < 4.78 is 5.72. The van der Waals surface area contributed by atoms with Crippen LogP contribution in [0.5, 0.6) is 5.75 Å². The van der Waals surface area contributed by atoms with Gasteiger partial charge in [-0.3, -0.25) is 4.79 Å². The molecule has 86 valence electrons. The maximum Gasteiger partial charge on any atom is 0.309 e. The van der Waals surface area contributed by atoms with E-state index in [4.69, 9.17) is 4.74 Å². The highest BCUT2D eigenvalue weighted by molar-refractivity contribution is 9.10. The summed E-state index contributed by atoms with van der Waals surface area (Å²) in [6.07, 6.45) is 1.34. The maximum atomic E-state index is 11.6. The summed E-state index contributed by atoms with van der Waals surface area (Å²) >= 11 is 3.34. The maximum absolute atomic E-state index is 11.6. The van der Waals surface area contributed by atoms with Crippen molar-refractivity contribution in [3.05, 3.63) is 27.7 Å². The number of fused-ring (bicyclic) bond motifs is 1. The number of ether oxygens (including phenoxy) is 1. The lowest BCUT2D eigenvalue weighted by atomic mass is 10.1. The van der Waals surface area contributed by atoms with Gasteiger partial charge in [0.1, 0.15) is 5.75 Å². The van der Waals surface area contributed by atoms with Crippen LogP contribution in [0.3, 0.4) is 0 Å². The molecule has 1 aromatic carbocycles. The average molecular weight is 285 g/mol. The molecule has 4 heteroatoms. The molecule has 0 bridgehead atoms. The summed E-state index contributed by atoms with van der Waals surface area (Å²) in [7, 11) is 0. The number of esters is 1. The van der Waals surface area contributed by atoms with Crippen LogP contribution >= 0.6 is 15.9 Å². The van der Waals surface area contributed by atoms with Gasteiger partial charge < -0.3 is 9.84 Å². The molecule has 0 spiro atoms. The van der Waals surface area contributed by atoms with Crippen molar-refractivity contribution in [1.29, 1.82) is 0 Å². The highest BCUT2D eigenvalue weighted by Gasteiger charge is 2.30. The summed E-state index contributed by atoms with van der Waals surface area (Å²) in [5.74, 6) is -0.0265. The van der Waals surface area contributed by atoms with Crippen LogP contribution < -0.4 is 0 Å². The number of benzene rings is 1. The van der Waals surface area contributed by atoms with Gasteiger partial charge in [-0.2, -0.15) is 0 Å². The first kappa shape index (κ1) is 11.5. The van der Waals surface area contributed by atoms with Gasteiger partial charge in [0.15, 0.2) is 0 Å². The molecule has 0 aliphatic heterocycles. The van der Waals surface area contributed by atoms with E-state index in [1.54, 1.807) is 6.07 Å². The van der Waals surface area contributed by atoms with Crippen LogP contribution in [0, 0.1) is 5.92 Å². The van der Waals surface area contributed by atoms with Gasteiger partial charge in [-0.05, 0) is 52.9 Å². The predicted octanol–water partition coefficient (Wildman–Crippen LogP) is 2.43. The molecular weight excluding hydrogens is 272 g/mol. The van der Waals surface area contributed by atoms with Crippen molar-refractivity contribution in [2.45, 2.75) is 19.8 Å². The molecule has 0 heterocycles. The standard InChI is InChI=1S/C12H13BrO3/c1-2-16-12(15)8-5-7-3-4-10(14)11(13)9(7)6-8/h3-4,8,14H,2,5-6H2,1H3. The number of rotatable bonds is 2. The molecule has 1 unspecified atom stereocenters. The quantitative estimate of drug-likeness (QED) is 0.849. The minimum Gasteiger partial charge on any atom is -0.507 e. The van der Waals surface area contributed by atoms with Crippen molar-refractivity contribution < 1.29 is 14.6 Å². The van der Waals surface area contributed by atoms with Gasteiger partial charge in [0.25, 0.3) is 0 Å². The molecule has 1 aliphatic carbocycles. The Labute approximate surface area is 103 Å². The van der Waals surface area contributed by atoms with Crippen LogP contribution in [0.1, 0.15) is 18.1 Å². The summed E-state index contributed by atoms with van der Waals surface area (Å²) in [5, 5.41) is 9.55. The summed E-state index contributed by atoms with van der Waals surface area (Å²) in [6.45, 7) is 2.22. The predicted molar refractivity (Wildman–Crippen MR) is 63.3 cm³/mol. The Kier molecular flexibility index (Phi) is 3.19. The average Bonchev–Trinajstić information content (AvgIpc) is 2.69. The van der Waals surface area contributed by atoms with Gasteiger partial charge >= 0.3 is 5.97 Å². The zero-order valence-corrected chi connectivity index (χ0v) is 10.6. The van der Waals surface area contributed by atoms with E-state index in [0.717, 1.165) is 11.1 Å². The molecule has 1 atom stereocenters. The second-order valence-electron chi connectivity index (χ2n) is 3.89. The Morgan fingerprint density at radius 1 is 1.56 bits per heavy atom. The van der Waals surface area contributed by atoms with Crippen LogP contribution in [0.4, 0.5) is 0 Å². The molecule has 1 aromatic rings. The normalized spacial score (nSPS) is 18.2. The first-order valence-corrected chi connectivity index (χ1v) is 6.08. The number of halogens is 1. The van der Waals surface area contributed by atoms with E-state index in [1.807, 2.05) is 13.0 Å². The number of hydrogen-bond acceptors (Lipinski definition) is 3. The van der Waals surface area contributed by atoms with Crippen LogP contribution in [0.2, 0.25) is 0 Å². The third kappa shape index (κ3) is 1.94. The third-order valence-corrected chi connectivity index (χ3v) is 3.74. The first-order valence-electron chi connectivity index (χ1n) is 5.29. The first-order chi connectivity index (χ1) is 7.63. The molecule has 1 N–H and O–H groups in total. The number of phenolic OH excluding ortho intramolecular Hbond substituents is 1. The molecular formula is C12H13BrO3. The lowest BCUT2D eigenvalue weighted by molar-refractivity contribution is -0.147. The zero-order chi connectivity index (χ0) is 11.7. The van der Waals surface area contributed by atoms with Crippen molar-refractivity contribution in [2.75, 3.05) is 6.61 Å². The highest BCUT2D eigenvalue weighted by atomic mass is 79.9. The van der Waals surface area contributed by atoms with E-state index in [1.165, 1.54) is 0 Å². The summed E-state index contributed by atoms with van der Waals surface area (Å²) in [4.78, 5) is 11.6. The molecule has 0 saturated heterocycles. The highest BCUT2D eigenvalue weighted by Crippen LogP contribution is 2.37. The molecule has 0 saturated carbocycles. The fraction of sp³-hybridized carbons (Fsp3) is 0.417. The van der Waals surface area contributed by atoms with Crippen molar-refractivity contribution in [1.82, 2.24) is 0 Å². The van der Waals surface area contributed by atoms with Crippen molar-refractivity contribution in [3.8, 4) is 5.75 Å². The Hall–Kier alpha value is -1.03. The van der Waals surface area contributed by atoms with E-state index < -0.39 is 0 Å². The Bertz CT molecular complexity index is 429. The Balaban J connectivity index is 2.21. The SMILES string of the molecule is CCOC(=O)C1Cc2ccc(O)c(Br)c2C1. The molecule has 0 aromatic heterocycles. The third-order valence-electron chi connectivity index (χ3n) is 2.86. The Morgan fingerprint density at radius 3 is 3.00 bits per heavy atom. The van der Waals surface area contributed by atoms with E-state index in [9.17, 15) is 9.90 Å². The van der Waals surface area contributed by atoms with Gasteiger partial charge in [-0.25, -0.2) is 0 Å². The van der Waals surface area contributed by atoms with Gasteiger partial charge in [0.05, 0.1) is 17.0 Å². The molecule has 0 amide bonds. The van der Waals surface area contributed by atoms with Gasteiger partial charge in [-0.15, -0.1) is 0 Å². The van der Waals surface area contributed by atoms with Crippen LogP contribution in [0.15, 0.2) is 16.6 Å². The number of aromatic hydroxyl groups is 1. The number of carbonyl (C=O) groups excluding carboxylic acids is 1. The fourth-order valence-corrected chi connectivity index (χ4v) is 2.62. The lowest BCUT2D eigenvalue weighted by Gasteiger charge is -2.07. The van der Waals surface area contributed by atoms with E-state index >= 15 is 0 Å². The molecule has 0 radical (unpaired) electrons. The van der Waals surface area contributed by atoms with E-state index in [2.05, 4.69) is 15.9 Å². The van der Waals surface area contributed by atoms with Gasteiger partial charge in [-0.1, -0.05) is 6.07 Å². The zero-order valence-electron chi connectivity index (χ0n) is 9.00. The number of hydrogen-bond donors (Lipinski definition) is 1.